The lowest BCUT2D eigenvalue weighted by Crippen LogP contribution is -2.48. The van der Waals surface area contributed by atoms with Crippen molar-refractivity contribution < 1.29 is 14.3 Å². The molecule has 6 heteroatoms. The fourth-order valence-electron chi connectivity index (χ4n) is 2.85. The van der Waals surface area contributed by atoms with Gasteiger partial charge in [-0.3, -0.25) is 4.79 Å². The molecule has 0 saturated carbocycles. The lowest BCUT2D eigenvalue weighted by Gasteiger charge is -2.35. The molecule has 0 N–H and O–H groups in total. The zero-order chi connectivity index (χ0) is 15.1. The van der Waals surface area contributed by atoms with Crippen LogP contribution in [0.3, 0.4) is 0 Å². The number of carbonyl (C=O) groups is 1. The number of hydrogen-bond donors (Lipinski definition) is 0. The van der Waals surface area contributed by atoms with Crippen LogP contribution in [0.25, 0.3) is 0 Å². The minimum Gasteiger partial charge on any atom is -0.385 e. The molecule has 6 nitrogen and oxygen atoms in total. The van der Waals surface area contributed by atoms with Gasteiger partial charge in [0.05, 0.1) is 12.7 Å². The van der Waals surface area contributed by atoms with Gasteiger partial charge in [-0.2, -0.15) is 0 Å². The zero-order valence-electron chi connectivity index (χ0n) is 13.4. The van der Waals surface area contributed by atoms with Gasteiger partial charge in [0.25, 0.3) is 0 Å². The molecular weight excluding hydrogens is 270 g/mol. The van der Waals surface area contributed by atoms with Crippen molar-refractivity contribution in [3.63, 3.8) is 0 Å². The van der Waals surface area contributed by atoms with Crippen LogP contribution >= 0.6 is 0 Å². The van der Waals surface area contributed by atoms with Gasteiger partial charge in [0.1, 0.15) is 0 Å². The first-order chi connectivity index (χ1) is 10.2. The number of piperazine rings is 1. The van der Waals surface area contributed by atoms with Crippen LogP contribution in [-0.4, -0.2) is 99.9 Å². The normalized spacial score (nSPS) is 25.2. The molecule has 0 unspecified atom stereocenters. The molecule has 0 spiro atoms. The summed E-state index contributed by atoms with van der Waals surface area (Å²) in [5.74, 6) is 0.264. The van der Waals surface area contributed by atoms with E-state index in [0.29, 0.717) is 26.2 Å². The minimum atomic E-state index is 0.131. The Labute approximate surface area is 128 Å². The molecule has 2 aliphatic heterocycles. The van der Waals surface area contributed by atoms with Gasteiger partial charge in [0, 0.05) is 66.0 Å². The largest absolute Gasteiger partial charge is 0.385 e. The smallest absolute Gasteiger partial charge is 0.224 e. The summed E-state index contributed by atoms with van der Waals surface area (Å²) >= 11 is 0. The molecule has 0 radical (unpaired) electrons. The fraction of sp³-hybridized carbons (Fsp3) is 0.933. The maximum Gasteiger partial charge on any atom is 0.224 e. The molecule has 2 saturated heterocycles. The van der Waals surface area contributed by atoms with E-state index in [1.165, 1.54) is 0 Å². The van der Waals surface area contributed by atoms with E-state index < -0.39 is 0 Å². The van der Waals surface area contributed by atoms with Gasteiger partial charge >= 0.3 is 0 Å². The molecule has 1 amide bonds. The second kappa shape index (κ2) is 8.68. The molecule has 2 aliphatic rings. The van der Waals surface area contributed by atoms with Crippen molar-refractivity contribution in [2.45, 2.75) is 18.9 Å². The molecule has 2 heterocycles. The summed E-state index contributed by atoms with van der Waals surface area (Å²) in [6.45, 7) is 8.01. The van der Waals surface area contributed by atoms with Crippen molar-refractivity contribution in [3.05, 3.63) is 0 Å². The Balaban J connectivity index is 1.67. The summed E-state index contributed by atoms with van der Waals surface area (Å²) in [4.78, 5) is 19.0. The number of morpholine rings is 1. The summed E-state index contributed by atoms with van der Waals surface area (Å²) in [5, 5.41) is 0. The van der Waals surface area contributed by atoms with E-state index in [9.17, 15) is 4.79 Å². The van der Waals surface area contributed by atoms with Crippen molar-refractivity contribution in [2.24, 2.45) is 0 Å². The monoisotopic (exact) mass is 299 g/mol. The minimum absolute atomic E-state index is 0.131. The summed E-state index contributed by atoms with van der Waals surface area (Å²) in [6.07, 6.45) is 1.62. The van der Waals surface area contributed by atoms with Crippen molar-refractivity contribution in [2.75, 3.05) is 73.2 Å². The van der Waals surface area contributed by atoms with Gasteiger partial charge in [-0.1, -0.05) is 0 Å². The number of nitrogens with zero attached hydrogens (tertiary/aromatic N) is 3. The molecule has 0 aromatic heterocycles. The average molecular weight is 299 g/mol. The molecule has 1 atom stereocenters. The van der Waals surface area contributed by atoms with Crippen LogP contribution in [0.15, 0.2) is 0 Å². The van der Waals surface area contributed by atoms with Crippen LogP contribution in [-0.2, 0) is 14.3 Å². The maximum absolute atomic E-state index is 12.3. The number of ether oxygens (including phenoxy) is 2. The summed E-state index contributed by atoms with van der Waals surface area (Å²) < 4.78 is 10.8. The molecule has 0 bridgehead atoms. The van der Waals surface area contributed by atoms with Crippen LogP contribution in [0.4, 0.5) is 0 Å². The highest BCUT2D eigenvalue weighted by molar-refractivity contribution is 5.76. The third-order valence-corrected chi connectivity index (χ3v) is 4.37. The summed E-state index contributed by atoms with van der Waals surface area (Å²) in [5.41, 5.74) is 0. The topological polar surface area (TPSA) is 45.2 Å². The first-order valence-corrected chi connectivity index (χ1v) is 7.98. The van der Waals surface area contributed by atoms with Crippen LogP contribution in [0.2, 0.25) is 0 Å². The lowest BCUT2D eigenvalue weighted by molar-refractivity contribution is -0.139. The highest BCUT2D eigenvalue weighted by atomic mass is 16.5. The Morgan fingerprint density at radius 1 is 1.24 bits per heavy atom. The van der Waals surface area contributed by atoms with Crippen LogP contribution < -0.4 is 0 Å². The van der Waals surface area contributed by atoms with Crippen LogP contribution in [0.5, 0.6) is 0 Å². The highest BCUT2D eigenvalue weighted by Crippen LogP contribution is 2.11. The molecule has 21 heavy (non-hydrogen) atoms. The third kappa shape index (κ3) is 5.54. The molecule has 0 aromatic rings. The Kier molecular flexibility index (Phi) is 6.89. The number of rotatable bonds is 6. The van der Waals surface area contributed by atoms with E-state index in [2.05, 4.69) is 16.8 Å². The average Bonchev–Trinajstić information content (AvgIpc) is 2.52. The Morgan fingerprint density at radius 2 is 2.00 bits per heavy atom. The molecular formula is C15H29N3O3. The number of amides is 1. The summed E-state index contributed by atoms with van der Waals surface area (Å²) in [7, 11) is 3.85. The van der Waals surface area contributed by atoms with Crippen molar-refractivity contribution in [1.82, 2.24) is 14.7 Å². The second-order valence-electron chi connectivity index (χ2n) is 6.01. The molecule has 0 aliphatic carbocycles. The number of hydrogen-bond acceptors (Lipinski definition) is 5. The fourth-order valence-corrected chi connectivity index (χ4v) is 2.85. The highest BCUT2D eigenvalue weighted by Gasteiger charge is 2.24. The molecule has 2 fully saturated rings. The van der Waals surface area contributed by atoms with E-state index in [0.717, 1.165) is 45.7 Å². The van der Waals surface area contributed by atoms with E-state index in [1.54, 1.807) is 7.11 Å². The third-order valence-electron chi connectivity index (χ3n) is 4.37. The van der Waals surface area contributed by atoms with Crippen LogP contribution in [0.1, 0.15) is 12.8 Å². The first-order valence-electron chi connectivity index (χ1n) is 7.98. The predicted octanol–water partition coefficient (Wildman–Crippen LogP) is -0.112. The van der Waals surface area contributed by atoms with Crippen molar-refractivity contribution in [3.8, 4) is 0 Å². The molecule has 122 valence electrons. The van der Waals surface area contributed by atoms with Gasteiger partial charge in [-0.25, -0.2) is 0 Å². The van der Waals surface area contributed by atoms with Crippen molar-refractivity contribution in [1.29, 1.82) is 0 Å². The van der Waals surface area contributed by atoms with Gasteiger partial charge in [-0.05, 0) is 13.5 Å². The van der Waals surface area contributed by atoms with E-state index in [4.69, 9.17) is 9.47 Å². The number of likely N-dealkylation sites (N-methyl/N-ethyl adjacent to an activating group) is 1. The van der Waals surface area contributed by atoms with Crippen LogP contribution in [0, 0.1) is 0 Å². The molecule has 0 aromatic carbocycles. The van der Waals surface area contributed by atoms with Gasteiger partial charge < -0.3 is 24.2 Å². The Bertz CT molecular complexity index is 319. The predicted molar refractivity (Wildman–Crippen MR) is 81.4 cm³/mol. The molecule has 2 rings (SSSR count). The van der Waals surface area contributed by atoms with E-state index in [-0.39, 0.29) is 12.0 Å². The Hall–Kier alpha value is -0.690. The quantitative estimate of drug-likeness (QED) is 0.685. The maximum atomic E-state index is 12.3. The van der Waals surface area contributed by atoms with E-state index >= 15 is 0 Å². The standard InChI is InChI=1S/C15H29N3O3/c1-16-6-8-17(9-7-16)5-3-15(19)18-10-12-21-14(13-18)4-11-20-2/h14H,3-13H2,1-2H3/t14-/m0/s1. The van der Waals surface area contributed by atoms with Gasteiger partial charge in [0.15, 0.2) is 0 Å². The Morgan fingerprint density at radius 3 is 2.71 bits per heavy atom. The first kappa shape index (κ1) is 16.7. The summed E-state index contributed by atoms with van der Waals surface area (Å²) in [6, 6.07) is 0. The number of methoxy groups -OCH3 is 1. The number of carbonyl (C=O) groups excluding carboxylic acids is 1. The van der Waals surface area contributed by atoms with Crippen molar-refractivity contribution >= 4 is 5.91 Å². The van der Waals surface area contributed by atoms with Gasteiger partial charge in [0.2, 0.25) is 5.91 Å². The zero-order valence-corrected chi connectivity index (χ0v) is 13.4. The van der Waals surface area contributed by atoms with Gasteiger partial charge in [-0.15, -0.1) is 0 Å². The lowest BCUT2D eigenvalue weighted by atomic mass is 10.2. The van der Waals surface area contributed by atoms with E-state index in [1.807, 2.05) is 4.90 Å². The SMILES string of the molecule is COCC[C@H]1CN(C(=O)CCN2CCN(C)CC2)CCO1. The second-order valence-corrected chi connectivity index (χ2v) is 6.01.